The molecular weight excluding hydrogens is 314 g/mol. The average Bonchev–Trinajstić information content (AvgIpc) is 3.07. The molecule has 0 bridgehead atoms. The minimum Gasteiger partial charge on any atom is -0.416 e. The summed E-state index contributed by atoms with van der Waals surface area (Å²) in [6.07, 6.45) is 2.65. The third-order valence-electron chi connectivity index (χ3n) is 3.57. The second-order valence-electron chi connectivity index (χ2n) is 5.55. The Bertz CT molecular complexity index is 639. The number of hydrogen-bond donors (Lipinski definition) is 1. The zero-order chi connectivity index (χ0) is 15.0. The van der Waals surface area contributed by atoms with Crippen molar-refractivity contribution in [1.82, 2.24) is 15.5 Å². The summed E-state index contributed by atoms with van der Waals surface area (Å²) in [7, 11) is -2.99. The van der Waals surface area contributed by atoms with Gasteiger partial charge in [-0.3, -0.25) is 4.79 Å². The van der Waals surface area contributed by atoms with Crippen LogP contribution in [0.5, 0.6) is 0 Å². The molecule has 0 spiro atoms. The zero-order valence-corrected chi connectivity index (χ0v) is 13.2. The van der Waals surface area contributed by atoms with Gasteiger partial charge in [0.05, 0.1) is 16.8 Å². The molecule has 2 aliphatic rings. The van der Waals surface area contributed by atoms with E-state index in [0.29, 0.717) is 23.5 Å². The van der Waals surface area contributed by atoms with Gasteiger partial charge in [0.25, 0.3) is 5.22 Å². The Kier molecular flexibility index (Phi) is 3.96. The van der Waals surface area contributed by atoms with E-state index >= 15 is 0 Å². The van der Waals surface area contributed by atoms with Crippen molar-refractivity contribution < 1.29 is 17.6 Å². The number of amides is 1. The van der Waals surface area contributed by atoms with Crippen molar-refractivity contribution in [3.05, 3.63) is 5.89 Å². The average molecular weight is 331 g/mol. The highest BCUT2D eigenvalue weighted by Crippen LogP contribution is 2.40. The van der Waals surface area contributed by atoms with Crippen molar-refractivity contribution in [2.75, 3.05) is 11.5 Å². The van der Waals surface area contributed by atoms with Crippen molar-refractivity contribution >= 4 is 27.5 Å². The van der Waals surface area contributed by atoms with Crippen LogP contribution in [0.2, 0.25) is 0 Å². The van der Waals surface area contributed by atoms with Gasteiger partial charge in [0.15, 0.2) is 9.84 Å². The molecule has 1 aromatic heterocycles. The van der Waals surface area contributed by atoms with Gasteiger partial charge in [-0.2, -0.15) is 0 Å². The van der Waals surface area contributed by atoms with Crippen molar-refractivity contribution in [2.24, 2.45) is 0 Å². The van der Waals surface area contributed by atoms with Crippen LogP contribution >= 0.6 is 11.8 Å². The molecule has 9 heteroatoms. The summed E-state index contributed by atoms with van der Waals surface area (Å²) in [6, 6.07) is -0.282. The summed E-state index contributed by atoms with van der Waals surface area (Å²) in [5, 5.41) is 10.6. The van der Waals surface area contributed by atoms with Gasteiger partial charge in [-0.25, -0.2) is 8.42 Å². The Morgan fingerprint density at radius 3 is 2.76 bits per heavy atom. The van der Waals surface area contributed by atoms with E-state index in [9.17, 15) is 13.2 Å². The van der Waals surface area contributed by atoms with Crippen molar-refractivity contribution in [2.45, 2.75) is 48.6 Å². The molecule has 1 amide bonds. The van der Waals surface area contributed by atoms with Crippen LogP contribution in [0.15, 0.2) is 9.64 Å². The molecule has 0 radical (unpaired) electrons. The molecule has 1 saturated heterocycles. The Morgan fingerprint density at radius 2 is 2.14 bits per heavy atom. The zero-order valence-electron chi connectivity index (χ0n) is 11.6. The number of thioether (sulfide) groups is 1. The fourth-order valence-electron chi connectivity index (χ4n) is 2.20. The number of hydrogen-bond acceptors (Lipinski definition) is 7. The fraction of sp³-hybridized carbons (Fsp3) is 0.750. The maximum Gasteiger partial charge on any atom is 0.277 e. The molecule has 1 aliphatic carbocycles. The molecule has 1 aliphatic heterocycles. The second-order valence-corrected chi connectivity index (χ2v) is 9.07. The predicted octanol–water partition coefficient (Wildman–Crippen LogP) is 0.731. The first-order valence-electron chi connectivity index (χ1n) is 6.94. The number of aromatic nitrogens is 2. The summed E-state index contributed by atoms with van der Waals surface area (Å²) in [4.78, 5) is 12.1. The van der Waals surface area contributed by atoms with Crippen molar-refractivity contribution in [3.63, 3.8) is 0 Å². The van der Waals surface area contributed by atoms with E-state index in [4.69, 9.17) is 4.42 Å². The predicted molar refractivity (Wildman–Crippen MR) is 76.8 cm³/mol. The Labute approximate surface area is 127 Å². The van der Waals surface area contributed by atoms with Crippen molar-refractivity contribution in [1.29, 1.82) is 0 Å². The topological polar surface area (TPSA) is 102 Å². The molecule has 2 fully saturated rings. The van der Waals surface area contributed by atoms with E-state index in [0.717, 1.165) is 12.8 Å². The van der Waals surface area contributed by atoms with Gasteiger partial charge in [-0.15, -0.1) is 10.2 Å². The van der Waals surface area contributed by atoms with Crippen LogP contribution in [0.4, 0.5) is 0 Å². The number of carbonyl (C=O) groups is 1. The monoisotopic (exact) mass is 331 g/mol. The highest BCUT2D eigenvalue weighted by Gasteiger charge is 2.32. The third kappa shape index (κ3) is 3.76. The second kappa shape index (κ2) is 5.60. The molecule has 0 unspecified atom stereocenters. The van der Waals surface area contributed by atoms with Crippen LogP contribution < -0.4 is 5.32 Å². The summed E-state index contributed by atoms with van der Waals surface area (Å²) in [6.45, 7) is 1.74. The summed E-state index contributed by atoms with van der Waals surface area (Å²) in [5.74, 6) is 1.01. The summed E-state index contributed by atoms with van der Waals surface area (Å²) in [5.41, 5.74) is 0. The lowest BCUT2D eigenvalue weighted by Gasteiger charge is -2.14. The van der Waals surface area contributed by atoms with E-state index in [1.165, 1.54) is 11.8 Å². The number of carbonyl (C=O) groups excluding carboxylic acids is 1. The van der Waals surface area contributed by atoms with Crippen LogP contribution in [-0.2, 0) is 14.6 Å². The van der Waals surface area contributed by atoms with Gasteiger partial charge in [0.2, 0.25) is 11.8 Å². The minimum atomic E-state index is -2.99. The van der Waals surface area contributed by atoms with Crippen molar-refractivity contribution in [3.8, 4) is 0 Å². The van der Waals surface area contributed by atoms with E-state index in [1.807, 2.05) is 0 Å². The minimum absolute atomic E-state index is 0.0303. The first-order chi connectivity index (χ1) is 9.93. The van der Waals surface area contributed by atoms with E-state index in [1.54, 1.807) is 6.92 Å². The molecule has 7 nitrogen and oxygen atoms in total. The smallest absolute Gasteiger partial charge is 0.277 e. The standard InChI is InChI=1S/C12H17N3O4S2/c1-7(10(16)13-9-4-5-21(17,18)6-9)20-12-15-14-11(19-12)8-2-3-8/h7-9H,2-6H2,1H3,(H,13,16)/t7-,9+/m0/s1. The molecule has 116 valence electrons. The molecule has 2 heterocycles. The van der Waals surface area contributed by atoms with Crippen LogP contribution in [-0.4, -0.2) is 47.3 Å². The Morgan fingerprint density at radius 1 is 1.38 bits per heavy atom. The molecule has 21 heavy (non-hydrogen) atoms. The Balaban J connectivity index is 1.52. The largest absolute Gasteiger partial charge is 0.416 e. The first kappa shape index (κ1) is 14.8. The summed E-state index contributed by atoms with van der Waals surface area (Å²) < 4.78 is 28.2. The lowest BCUT2D eigenvalue weighted by Crippen LogP contribution is -2.39. The van der Waals surface area contributed by atoms with Gasteiger partial charge in [0.1, 0.15) is 0 Å². The van der Waals surface area contributed by atoms with Gasteiger partial charge in [-0.1, -0.05) is 11.8 Å². The molecule has 1 N–H and O–H groups in total. The fourth-order valence-corrected chi connectivity index (χ4v) is 4.57. The molecule has 2 atom stereocenters. The first-order valence-corrected chi connectivity index (χ1v) is 9.64. The molecule has 3 rings (SSSR count). The Hall–Kier alpha value is -1.09. The number of nitrogens with zero attached hydrogens (tertiary/aromatic N) is 2. The number of rotatable bonds is 5. The van der Waals surface area contributed by atoms with E-state index in [-0.39, 0.29) is 23.5 Å². The van der Waals surface area contributed by atoms with Crippen LogP contribution in [0.1, 0.15) is 38.0 Å². The maximum atomic E-state index is 12.1. The highest BCUT2D eigenvalue weighted by molar-refractivity contribution is 8.00. The van der Waals surface area contributed by atoms with Gasteiger partial charge >= 0.3 is 0 Å². The van der Waals surface area contributed by atoms with Crippen LogP contribution in [0, 0.1) is 0 Å². The molecule has 1 aromatic rings. The summed E-state index contributed by atoms with van der Waals surface area (Å²) >= 11 is 1.20. The van der Waals surface area contributed by atoms with Gasteiger partial charge in [0, 0.05) is 12.0 Å². The molecule has 0 aromatic carbocycles. The molecule has 1 saturated carbocycles. The van der Waals surface area contributed by atoms with Gasteiger partial charge < -0.3 is 9.73 Å². The highest BCUT2D eigenvalue weighted by atomic mass is 32.2. The van der Waals surface area contributed by atoms with E-state index < -0.39 is 15.1 Å². The normalized spacial score (nSPS) is 25.7. The molecular formula is C12H17N3O4S2. The maximum absolute atomic E-state index is 12.1. The quantitative estimate of drug-likeness (QED) is 0.793. The SMILES string of the molecule is C[C@H](Sc1nnc(C2CC2)o1)C(=O)N[C@@H]1CCS(=O)(=O)C1. The lowest BCUT2D eigenvalue weighted by atomic mass is 10.2. The van der Waals surface area contributed by atoms with E-state index in [2.05, 4.69) is 15.5 Å². The van der Waals surface area contributed by atoms with Gasteiger partial charge in [-0.05, 0) is 26.2 Å². The third-order valence-corrected chi connectivity index (χ3v) is 6.28. The van der Waals surface area contributed by atoms with Crippen LogP contribution in [0.3, 0.4) is 0 Å². The number of nitrogens with one attached hydrogen (secondary N) is 1. The number of sulfone groups is 1. The lowest BCUT2D eigenvalue weighted by molar-refractivity contribution is -0.120. The van der Waals surface area contributed by atoms with Crippen LogP contribution in [0.25, 0.3) is 0 Å².